The largest absolute Gasteiger partial charge is 0.494 e. The third-order valence-corrected chi connectivity index (χ3v) is 2.94. The second-order valence-electron chi connectivity index (χ2n) is 4.84. The summed E-state index contributed by atoms with van der Waals surface area (Å²) in [4.78, 5) is 0. The molecule has 0 unspecified atom stereocenters. The number of benzene rings is 1. The van der Waals surface area contributed by atoms with Gasteiger partial charge in [0.2, 0.25) is 0 Å². The van der Waals surface area contributed by atoms with Crippen LogP contribution in [0.5, 0.6) is 5.75 Å². The molecule has 0 spiro atoms. The van der Waals surface area contributed by atoms with E-state index in [4.69, 9.17) is 9.47 Å². The average molecular weight is 301 g/mol. The monoisotopic (exact) mass is 301 g/mol. The van der Waals surface area contributed by atoms with Crippen LogP contribution in [0.4, 0.5) is 8.78 Å². The first-order valence-corrected chi connectivity index (χ1v) is 7.50. The lowest BCUT2D eigenvalue weighted by molar-refractivity contribution is 0.0187. The summed E-state index contributed by atoms with van der Waals surface area (Å²) in [5.74, 6) is 0.884. The van der Waals surface area contributed by atoms with Crippen LogP contribution in [0.2, 0.25) is 0 Å². The molecule has 0 saturated heterocycles. The van der Waals surface area contributed by atoms with Crippen molar-refractivity contribution in [3.63, 3.8) is 0 Å². The molecule has 21 heavy (non-hydrogen) atoms. The molecule has 5 heteroatoms. The zero-order valence-corrected chi connectivity index (χ0v) is 12.6. The number of rotatable bonds is 12. The van der Waals surface area contributed by atoms with Crippen molar-refractivity contribution < 1.29 is 18.3 Å². The molecular weight excluding hydrogens is 276 g/mol. The molecule has 0 aliphatic heterocycles. The van der Waals surface area contributed by atoms with Gasteiger partial charge in [-0.3, -0.25) is 0 Å². The summed E-state index contributed by atoms with van der Waals surface area (Å²) in [6, 6.07) is 7.91. The van der Waals surface area contributed by atoms with Gasteiger partial charge in [-0.2, -0.15) is 0 Å². The van der Waals surface area contributed by atoms with Gasteiger partial charge in [0, 0.05) is 13.1 Å². The number of hydrogen-bond donors (Lipinski definition) is 1. The molecule has 0 aliphatic rings. The molecule has 0 fully saturated rings. The first kappa shape index (κ1) is 17.9. The summed E-state index contributed by atoms with van der Waals surface area (Å²) >= 11 is 0. The van der Waals surface area contributed by atoms with Crippen LogP contribution in [0.3, 0.4) is 0 Å². The van der Waals surface area contributed by atoms with E-state index in [0.717, 1.165) is 24.3 Å². The smallest absolute Gasteiger partial charge is 0.261 e. The van der Waals surface area contributed by atoms with Crippen molar-refractivity contribution in [3.8, 4) is 5.75 Å². The molecule has 1 rings (SSSR count). The van der Waals surface area contributed by atoms with E-state index in [1.54, 1.807) is 0 Å². The normalized spacial score (nSPS) is 11.0. The van der Waals surface area contributed by atoms with Gasteiger partial charge >= 0.3 is 0 Å². The predicted molar refractivity (Wildman–Crippen MR) is 80.0 cm³/mol. The molecule has 0 radical (unpaired) electrons. The molecule has 0 aromatic heterocycles. The van der Waals surface area contributed by atoms with E-state index in [9.17, 15) is 8.78 Å². The van der Waals surface area contributed by atoms with Crippen molar-refractivity contribution in [2.45, 2.75) is 39.2 Å². The summed E-state index contributed by atoms with van der Waals surface area (Å²) in [5.41, 5.74) is 1.13. The van der Waals surface area contributed by atoms with Crippen LogP contribution in [-0.4, -0.2) is 32.8 Å². The van der Waals surface area contributed by atoms with E-state index in [0.29, 0.717) is 19.7 Å². The fourth-order valence-electron chi connectivity index (χ4n) is 1.80. The SMILES string of the molecule is CCCCCOc1ccc(CNCCOCC(F)F)cc1. The van der Waals surface area contributed by atoms with Crippen LogP contribution in [0.25, 0.3) is 0 Å². The number of alkyl halides is 2. The number of halogens is 2. The van der Waals surface area contributed by atoms with Gasteiger partial charge in [-0.05, 0) is 24.1 Å². The molecular formula is C16H25F2NO2. The highest BCUT2D eigenvalue weighted by molar-refractivity contribution is 5.27. The summed E-state index contributed by atoms with van der Waals surface area (Å²) in [7, 11) is 0. The van der Waals surface area contributed by atoms with Crippen molar-refractivity contribution >= 4 is 0 Å². The van der Waals surface area contributed by atoms with E-state index in [1.807, 2.05) is 24.3 Å². The maximum Gasteiger partial charge on any atom is 0.261 e. The lowest BCUT2D eigenvalue weighted by atomic mass is 10.2. The lowest BCUT2D eigenvalue weighted by Gasteiger charge is -2.08. The van der Waals surface area contributed by atoms with Gasteiger partial charge in [0.25, 0.3) is 6.43 Å². The second kappa shape index (κ2) is 11.5. The zero-order valence-electron chi connectivity index (χ0n) is 12.6. The minimum Gasteiger partial charge on any atom is -0.494 e. The van der Waals surface area contributed by atoms with Gasteiger partial charge in [-0.25, -0.2) is 8.78 Å². The molecule has 0 heterocycles. The maximum atomic E-state index is 11.8. The van der Waals surface area contributed by atoms with Crippen LogP contribution in [0.1, 0.15) is 31.7 Å². The molecule has 0 aliphatic carbocycles. The van der Waals surface area contributed by atoms with Crippen LogP contribution in [-0.2, 0) is 11.3 Å². The maximum absolute atomic E-state index is 11.8. The highest BCUT2D eigenvalue weighted by Gasteiger charge is 2.01. The number of unbranched alkanes of at least 4 members (excludes halogenated alkanes) is 2. The topological polar surface area (TPSA) is 30.5 Å². The predicted octanol–water partition coefficient (Wildman–Crippen LogP) is 3.63. The molecule has 0 saturated carbocycles. The molecule has 0 amide bonds. The van der Waals surface area contributed by atoms with Crippen LogP contribution in [0.15, 0.2) is 24.3 Å². The standard InChI is InChI=1S/C16H25F2NO2/c1-2-3-4-10-21-15-7-5-14(6-8-15)12-19-9-11-20-13-16(17)18/h5-8,16,19H,2-4,9-13H2,1H3. The Balaban J connectivity index is 2.10. The first-order valence-electron chi connectivity index (χ1n) is 7.50. The average Bonchev–Trinajstić information content (AvgIpc) is 2.48. The highest BCUT2D eigenvalue weighted by atomic mass is 19.3. The van der Waals surface area contributed by atoms with Crippen LogP contribution >= 0.6 is 0 Å². The Hall–Kier alpha value is -1.20. The summed E-state index contributed by atoms with van der Waals surface area (Å²) in [6.07, 6.45) is 1.07. The fraction of sp³-hybridized carbons (Fsp3) is 0.625. The van der Waals surface area contributed by atoms with E-state index in [1.165, 1.54) is 12.8 Å². The van der Waals surface area contributed by atoms with E-state index in [2.05, 4.69) is 12.2 Å². The summed E-state index contributed by atoms with van der Waals surface area (Å²) in [5, 5.41) is 3.14. The number of hydrogen-bond acceptors (Lipinski definition) is 3. The third-order valence-electron chi connectivity index (χ3n) is 2.94. The Kier molecular flexibility index (Phi) is 9.74. The van der Waals surface area contributed by atoms with Gasteiger partial charge in [0.1, 0.15) is 12.4 Å². The van der Waals surface area contributed by atoms with Gasteiger partial charge in [-0.15, -0.1) is 0 Å². The van der Waals surface area contributed by atoms with Crippen molar-refractivity contribution in [2.24, 2.45) is 0 Å². The summed E-state index contributed by atoms with van der Waals surface area (Å²) < 4.78 is 34.1. The van der Waals surface area contributed by atoms with Gasteiger partial charge in [0.15, 0.2) is 0 Å². The van der Waals surface area contributed by atoms with Crippen LogP contribution in [0, 0.1) is 0 Å². The molecule has 1 aromatic carbocycles. The van der Waals surface area contributed by atoms with Gasteiger partial charge in [-0.1, -0.05) is 31.9 Å². The highest BCUT2D eigenvalue weighted by Crippen LogP contribution is 2.12. The van der Waals surface area contributed by atoms with Gasteiger partial charge < -0.3 is 14.8 Å². The van der Waals surface area contributed by atoms with Crippen LogP contribution < -0.4 is 10.1 Å². The molecule has 0 bridgehead atoms. The minimum atomic E-state index is -2.39. The molecule has 120 valence electrons. The Morgan fingerprint density at radius 2 is 1.86 bits per heavy atom. The number of nitrogens with one attached hydrogen (secondary N) is 1. The molecule has 3 nitrogen and oxygen atoms in total. The summed E-state index contributed by atoms with van der Waals surface area (Å²) in [6.45, 7) is 3.97. The van der Waals surface area contributed by atoms with Crippen molar-refractivity contribution in [1.29, 1.82) is 0 Å². The van der Waals surface area contributed by atoms with Crippen molar-refractivity contribution in [3.05, 3.63) is 29.8 Å². The molecule has 0 atom stereocenters. The molecule has 1 aromatic rings. The first-order chi connectivity index (χ1) is 10.2. The molecule has 1 N–H and O–H groups in total. The Labute approximate surface area is 125 Å². The Morgan fingerprint density at radius 1 is 1.10 bits per heavy atom. The quantitative estimate of drug-likeness (QED) is 0.598. The lowest BCUT2D eigenvalue weighted by Crippen LogP contribution is -2.20. The van der Waals surface area contributed by atoms with E-state index >= 15 is 0 Å². The minimum absolute atomic E-state index is 0.295. The van der Waals surface area contributed by atoms with Gasteiger partial charge in [0.05, 0.1) is 13.2 Å². The number of ether oxygens (including phenoxy) is 2. The Bertz CT molecular complexity index is 358. The van der Waals surface area contributed by atoms with Crippen molar-refractivity contribution in [1.82, 2.24) is 5.32 Å². The van der Waals surface area contributed by atoms with E-state index in [-0.39, 0.29) is 0 Å². The second-order valence-corrected chi connectivity index (χ2v) is 4.84. The van der Waals surface area contributed by atoms with Crippen molar-refractivity contribution in [2.75, 3.05) is 26.4 Å². The fourth-order valence-corrected chi connectivity index (χ4v) is 1.80. The van der Waals surface area contributed by atoms with E-state index < -0.39 is 13.0 Å². The third kappa shape index (κ3) is 9.37. The Morgan fingerprint density at radius 3 is 2.52 bits per heavy atom. The zero-order chi connectivity index (χ0) is 15.3.